The Kier molecular flexibility index (Phi) is 3.41. The maximum Gasteiger partial charge on any atom is 0.293 e. The second-order valence-electron chi connectivity index (χ2n) is 3.83. The highest BCUT2D eigenvalue weighted by Crippen LogP contribution is 2.35. The van der Waals surface area contributed by atoms with Crippen LogP contribution < -0.4 is 14.2 Å². The van der Waals surface area contributed by atoms with E-state index in [1.165, 1.54) is 0 Å². The normalized spacial score (nSPS) is 10.2. The summed E-state index contributed by atoms with van der Waals surface area (Å²) in [5, 5.41) is 0. The zero-order chi connectivity index (χ0) is 13.1. The number of aryl methyl sites for hydroxylation is 1. The van der Waals surface area contributed by atoms with Crippen LogP contribution in [-0.4, -0.2) is 31.3 Å². The molecule has 0 aliphatic rings. The van der Waals surface area contributed by atoms with Crippen LogP contribution in [0.25, 0.3) is 11.3 Å². The van der Waals surface area contributed by atoms with Gasteiger partial charge >= 0.3 is 0 Å². The predicted molar refractivity (Wildman–Crippen MR) is 68.4 cm³/mol. The summed E-state index contributed by atoms with van der Waals surface area (Å²) in [6, 6.07) is 4.31. The van der Waals surface area contributed by atoms with Gasteiger partial charge in [0.1, 0.15) is 11.5 Å². The van der Waals surface area contributed by atoms with Crippen molar-refractivity contribution in [1.29, 1.82) is 0 Å². The maximum atomic E-state index is 5.38. The fraction of sp³-hybridized carbons (Fsp3) is 0.308. The number of aromatic nitrogens is 2. The zero-order valence-corrected chi connectivity index (χ0v) is 10.9. The van der Waals surface area contributed by atoms with E-state index in [0.29, 0.717) is 6.01 Å². The minimum Gasteiger partial charge on any atom is -0.496 e. The van der Waals surface area contributed by atoms with E-state index in [4.69, 9.17) is 14.2 Å². The van der Waals surface area contributed by atoms with Crippen molar-refractivity contribution in [3.05, 3.63) is 23.9 Å². The number of methoxy groups -OCH3 is 3. The highest BCUT2D eigenvalue weighted by atomic mass is 16.5. The van der Waals surface area contributed by atoms with E-state index in [9.17, 15) is 0 Å². The monoisotopic (exact) mass is 248 g/mol. The maximum absolute atomic E-state index is 5.38. The lowest BCUT2D eigenvalue weighted by Crippen LogP contribution is -1.93. The Bertz CT molecular complexity index is 549. The second kappa shape index (κ2) is 5.00. The molecule has 0 fully saturated rings. The fourth-order valence-electron chi connectivity index (χ4n) is 1.80. The second-order valence-corrected chi connectivity index (χ2v) is 3.83. The van der Waals surface area contributed by atoms with Crippen LogP contribution in [0.2, 0.25) is 0 Å². The third-order valence-corrected chi connectivity index (χ3v) is 2.75. The lowest BCUT2D eigenvalue weighted by atomic mass is 10.1. The van der Waals surface area contributed by atoms with Gasteiger partial charge in [-0.1, -0.05) is 0 Å². The molecule has 1 heterocycles. The van der Waals surface area contributed by atoms with Crippen molar-refractivity contribution in [2.45, 2.75) is 6.92 Å². The number of imidazole rings is 1. The topological polar surface area (TPSA) is 56.4 Å². The number of ether oxygens (including phenoxy) is 3. The van der Waals surface area contributed by atoms with Crippen LogP contribution in [-0.2, 0) is 0 Å². The number of hydrogen-bond donors (Lipinski definition) is 1. The highest BCUT2D eigenvalue weighted by molar-refractivity contribution is 5.70. The van der Waals surface area contributed by atoms with E-state index >= 15 is 0 Å². The van der Waals surface area contributed by atoms with Gasteiger partial charge in [0.2, 0.25) is 0 Å². The highest BCUT2D eigenvalue weighted by Gasteiger charge is 2.12. The van der Waals surface area contributed by atoms with Crippen molar-refractivity contribution in [2.75, 3.05) is 21.3 Å². The molecule has 0 radical (unpaired) electrons. The third kappa shape index (κ3) is 2.11. The van der Waals surface area contributed by atoms with E-state index in [1.807, 2.05) is 19.1 Å². The van der Waals surface area contributed by atoms with Crippen LogP contribution in [0.3, 0.4) is 0 Å². The SMILES string of the molecule is COc1ncc(-c2cc(OC)c(C)cc2OC)[nH]1. The van der Waals surface area contributed by atoms with Gasteiger partial charge in [0.15, 0.2) is 0 Å². The first-order chi connectivity index (χ1) is 8.69. The largest absolute Gasteiger partial charge is 0.496 e. The summed E-state index contributed by atoms with van der Waals surface area (Å²) in [6.07, 6.45) is 1.70. The molecule has 1 aromatic carbocycles. The first-order valence-corrected chi connectivity index (χ1v) is 5.51. The molecule has 2 aromatic rings. The van der Waals surface area contributed by atoms with E-state index in [-0.39, 0.29) is 0 Å². The molecule has 0 atom stereocenters. The molecule has 0 bridgehead atoms. The van der Waals surface area contributed by atoms with Gasteiger partial charge in [0, 0.05) is 5.56 Å². The predicted octanol–water partition coefficient (Wildman–Crippen LogP) is 2.41. The van der Waals surface area contributed by atoms with Gasteiger partial charge < -0.3 is 19.2 Å². The average Bonchev–Trinajstić information content (AvgIpc) is 2.87. The summed E-state index contributed by atoms with van der Waals surface area (Å²) in [7, 11) is 4.85. The lowest BCUT2D eigenvalue weighted by molar-refractivity contribution is 0.384. The third-order valence-electron chi connectivity index (χ3n) is 2.75. The minimum absolute atomic E-state index is 0.464. The summed E-state index contributed by atoms with van der Waals surface area (Å²) >= 11 is 0. The molecule has 0 amide bonds. The van der Waals surface area contributed by atoms with Crippen molar-refractivity contribution < 1.29 is 14.2 Å². The van der Waals surface area contributed by atoms with Crippen LogP contribution in [0.4, 0.5) is 0 Å². The lowest BCUT2D eigenvalue weighted by Gasteiger charge is -2.11. The van der Waals surface area contributed by atoms with Crippen LogP contribution in [0.1, 0.15) is 5.56 Å². The van der Waals surface area contributed by atoms with Gasteiger partial charge in [-0.15, -0.1) is 0 Å². The molecule has 0 unspecified atom stereocenters. The van der Waals surface area contributed by atoms with Gasteiger partial charge in [-0.05, 0) is 24.6 Å². The van der Waals surface area contributed by atoms with Gasteiger partial charge in [0.05, 0.1) is 33.2 Å². The first kappa shape index (κ1) is 12.3. The van der Waals surface area contributed by atoms with E-state index in [2.05, 4.69) is 9.97 Å². The molecule has 0 aliphatic heterocycles. The fourth-order valence-corrected chi connectivity index (χ4v) is 1.80. The number of hydrogen-bond acceptors (Lipinski definition) is 4. The minimum atomic E-state index is 0.464. The summed E-state index contributed by atoms with van der Waals surface area (Å²) in [6.45, 7) is 1.97. The average molecular weight is 248 g/mol. The summed E-state index contributed by atoms with van der Waals surface area (Å²) < 4.78 is 15.7. The Morgan fingerprint density at radius 1 is 1.00 bits per heavy atom. The van der Waals surface area contributed by atoms with Gasteiger partial charge in [-0.25, -0.2) is 4.98 Å². The van der Waals surface area contributed by atoms with Crippen molar-refractivity contribution in [3.63, 3.8) is 0 Å². The van der Waals surface area contributed by atoms with Gasteiger partial charge in [-0.3, -0.25) is 0 Å². The number of nitrogens with zero attached hydrogens (tertiary/aromatic N) is 1. The molecule has 0 spiro atoms. The molecule has 1 N–H and O–H groups in total. The zero-order valence-electron chi connectivity index (χ0n) is 10.9. The molecule has 18 heavy (non-hydrogen) atoms. The van der Waals surface area contributed by atoms with Crippen LogP contribution in [0, 0.1) is 6.92 Å². The van der Waals surface area contributed by atoms with E-state index in [1.54, 1.807) is 27.5 Å². The van der Waals surface area contributed by atoms with Crippen LogP contribution >= 0.6 is 0 Å². The van der Waals surface area contributed by atoms with Crippen molar-refractivity contribution in [3.8, 4) is 28.8 Å². The molecule has 5 heteroatoms. The smallest absolute Gasteiger partial charge is 0.293 e. The molecule has 1 aromatic heterocycles. The quantitative estimate of drug-likeness (QED) is 0.902. The summed E-state index contributed by atoms with van der Waals surface area (Å²) in [4.78, 5) is 7.15. The van der Waals surface area contributed by atoms with Crippen LogP contribution in [0.15, 0.2) is 18.3 Å². The Labute approximate surface area is 106 Å². The number of aromatic amines is 1. The van der Waals surface area contributed by atoms with E-state index < -0.39 is 0 Å². The standard InChI is InChI=1S/C13H16N2O3/c1-8-5-12(17-3)9(6-11(8)16-2)10-7-14-13(15-10)18-4/h5-7H,1-4H3,(H,14,15). The Balaban J connectivity index is 2.54. The van der Waals surface area contributed by atoms with E-state index in [0.717, 1.165) is 28.3 Å². The summed E-state index contributed by atoms with van der Waals surface area (Å²) in [5.74, 6) is 1.57. The molecule has 2 rings (SSSR count). The Morgan fingerprint density at radius 3 is 2.28 bits per heavy atom. The number of H-pyrrole nitrogens is 1. The van der Waals surface area contributed by atoms with Gasteiger partial charge in [-0.2, -0.15) is 0 Å². The molecular weight excluding hydrogens is 232 g/mol. The molecule has 5 nitrogen and oxygen atoms in total. The van der Waals surface area contributed by atoms with Crippen molar-refractivity contribution in [2.24, 2.45) is 0 Å². The first-order valence-electron chi connectivity index (χ1n) is 5.51. The number of rotatable bonds is 4. The Hall–Kier alpha value is -2.17. The van der Waals surface area contributed by atoms with Crippen molar-refractivity contribution >= 4 is 0 Å². The molecule has 0 aliphatic carbocycles. The van der Waals surface area contributed by atoms with Gasteiger partial charge in [0.25, 0.3) is 6.01 Å². The molecular formula is C13H16N2O3. The number of benzene rings is 1. The molecule has 0 saturated carbocycles. The Morgan fingerprint density at radius 2 is 1.72 bits per heavy atom. The number of nitrogens with one attached hydrogen (secondary N) is 1. The van der Waals surface area contributed by atoms with Crippen molar-refractivity contribution in [1.82, 2.24) is 9.97 Å². The molecule has 96 valence electrons. The van der Waals surface area contributed by atoms with Crippen LogP contribution in [0.5, 0.6) is 17.5 Å². The summed E-state index contributed by atoms with van der Waals surface area (Å²) in [5.41, 5.74) is 2.72. The molecule has 0 saturated heterocycles.